The highest BCUT2D eigenvalue weighted by Gasteiger charge is 2.40. The molecule has 0 aromatic heterocycles. The van der Waals surface area contributed by atoms with Crippen molar-refractivity contribution in [2.24, 2.45) is 5.92 Å². The molecule has 2 N–H and O–H groups in total. The Balaban J connectivity index is 2.34. The van der Waals surface area contributed by atoms with E-state index >= 15 is 0 Å². The molecule has 1 heterocycles. The first kappa shape index (κ1) is 16.7. The number of hydrogen-bond acceptors (Lipinski definition) is 3. The standard InChI is InChI=1S/C12H19F3N2O3/c1-8(18)3-2-4-16-11(20)9-5-10(19)17(6-9)7-12(13,14)15/h8-9,18H,2-7H2,1H3,(H,16,20). The van der Waals surface area contributed by atoms with Crippen molar-refractivity contribution in [2.75, 3.05) is 19.6 Å². The Bertz CT molecular complexity index is 358. The van der Waals surface area contributed by atoms with E-state index in [4.69, 9.17) is 5.11 Å². The van der Waals surface area contributed by atoms with Crippen molar-refractivity contribution in [3.8, 4) is 0 Å². The smallest absolute Gasteiger partial charge is 0.393 e. The summed E-state index contributed by atoms with van der Waals surface area (Å²) in [5, 5.41) is 11.6. The van der Waals surface area contributed by atoms with Crippen molar-refractivity contribution in [1.29, 1.82) is 0 Å². The zero-order valence-corrected chi connectivity index (χ0v) is 11.2. The molecule has 1 rings (SSSR count). The number of nitrogens with zero attached hydrogens (tertiary/aromatic N) is 1. The minimum atomic E-state index is -4.45. The molecule has 0 aromatic carbocycles. The molecule has 20 heavy (non-hydrogen) atoms. The van der Waals surface area contributed by atoms with E-state index in [0.717, 1.165) is 0 Å². The van der Waals surface area contributed by atoms with E-state index in [1.54, 1.807) is 6.92 Å². The van der Waals surface area contributed by atoms with E-state index < -0.39 is 36.6 Å². The van der Waals surface area contributed by atoms with Gasteiger partial charge in [0, 0.05) is 19.5 Å². The number of likely N-dealkylation sites (tertiary alicyclic amines) is 1. The lowest BCUT2D eigenvalue weighted by Gasteiger charge is -2.18. The molecule has 2 unspecified atom stereocenters. The molecule has 5 nitrogen and oxygen atoms in total. The zero-order chi connectivity index (χ0) is 15.3. The first-order valence-corrected chi connectivity index (χ1v) is 6.49. The largest absolute Gasteiger partial charge is 0.406 e. The monoisotopic (exact) mass is 296 g/mol. The summed E-state index contributed by atoms with van der Waals surface area (Å²) in [4.78, 5) is 23.8. The van der Waals surface area contributed by atoms with Crippen molar-refractivity contribution in [3.63, 3.8) is 0 Å². The van der Waals surface area contributed by atoms with E-state index in [9.17, 15) is 22.8 Å². The van der Waals surface area contributed by atoms with Gasteiger partial charge in [0.15, 0.2) is 0 Å². The van der Waals surface area contributed by atoms with Crippen LogP contribution in [0.1, 0.15) is 26.2 Å². The van der Waals surface area contributed by atoms with E-state index in [2.05, 4.69) is 5.32 Å². The summed E-state index contributed by atoms with van der Waals surface area (Å²) in [5.74, 6) is -1.78. The molecule has 0 radical (unpaired) electrons. The molecule has 2 amide bonds. The highest BCUT2D eigenvalue weighted by molar-refractivity contribution is 5.89. The normalized spacial score (nSPS) is 21.1. The third-order valence-corrected chi connectivity index (χ3v) is 3.05. The second-order valence-electron chi connectivity index (χ2n) is 5.07. The van der Waals surface area contributed by atoms with E-state index in [-0.39, 0.29) is 13.0 Å². The Morgan fingerprint density at radius 1 is 1.55 bits per heavy atom. The lowest BCUT2D eigenvalue weighted by Crippen LogP contribution is -2.37. The van der Waals surface area contributed by atoms with Gasteiger partial charge in [-0.05, 0) is 19.8 Å². The van der Waals surface area contributed by atoms with E-state index in [0.29, 0.717) is 24.3 Å². The highest BCUT2D eigenvalue weighted by atomic mass is 19.4. The van der Waals surface area contributed by atoms with E-state index in [1.807, 2.05) is 0 Å². The first-order valence-electron chi connectivity index (χ1n) is 6.49. The van der Waals surface area contributed by atoms with Crippen molar-refractivity contribution in [2.45, 2.75) is 38.5 Å². The lowest BCUT2D eigenvalue weighted by molar-refractivity contribution is -0.157. The van der Waals surface area contributed by atoms with Gasteiger partial charge in [-0.25, -0.2) is 0 Å². The molecule has 1 fully saturated rings. The fourth-order valence-corrected chi connectivity index (χ4v) is 2.07. The Morgan fingerprint density at radius 2 is 2.20 bits per heavy atom. The van der Waals surface area contributed by atoms with Crippen LogP contribution in [-0.4, -0.2) is 53.7 Å². The Labute approximate surface area is 115 Å². The average molecular weight is 296 g/mol. The predicted octanol–water partition coefficient (Wildman–Crippen LogP) is 0.674. The summed E-state index contributed by atoms with van der Waals surface area (Å²) in [7, 11) is 0. The van der Waals surface area contributed by atoms with Crippen LogP contribution in [0, 0.1) is 5.92 Å². The van der Waals surface area contributed by atoms with Crippen LogP contribution in [-0.2, 0) is 9.59 Å². The molecule has 1 aliphatic heterocycles. The summed E-state index contributed by atoms with van der Waals surface area (Å²) < 4.78 is 36.6. The Kier molecular flexibility index (Phi) is 5.79. The van der Waals surface area contributed by atoms with Crippen LogP contribution in [0.2, 0.25) is 0 Å². The molecule has 0 spiro atoms. The number of amides is 2. The molecular weight excluding hydrogens is 277 g/mol. The van der Waals surface area contributed by atoms with Gasteiger partial charge < -0.3 is 15.3 Å². The van der Waals surface area contributed by atoms with E-state index in [1.165, 1.54) is 0 Å². The maximum atomic E-state index is 12.2. The number of carbonyl (C=O) groups is 2. The van der Waals surface area contributed by atoms with Crippen molar-refractivity contribution >= 4 is 11.8 Å². The van der Waals surface area contributed by atoms with Gasteiger partial charge in [-0.3, -0.25) is 9.59 Å². The average Bonchev–Trinajstić information content (AvgIpc) is 2.63. The van der Waals surface area contributed by atoms with Crippen LogP contribution in [0.25, 0.3) is 0 Å². The number of aliphatic hydroxyl groups excluding tert-OH is 1. The SMILES string of the molecule is CC(O)CCCNC(=O)C1CC(=O)N(CC(F)(F)F)C1. The van der Waals surface area contributed by atoms with Gasteiger partial charge >= 0.3 is 6.18 Å². The van der Waals surface area contributed by atoms with Crippen LogP contribution in [0.3, 0.4) is 0 Å². The lowest BCUT2D eigenvalue weighted by atomic mass is 10.1. The van der Waals surface area contributed by atoms with Crippen LogP contribution in [0.5, 0.6) is 0 Å². The first-order chi connectivity index (χ1) is 9.19. The van der Waals surface area contributed by atoms with Crippen LogP contribution < -0.4 is 5.32 Å². The summed E-state index contributed by atoms with van der Waals surface area (Å²) in [5.41, 5.74) is 0. The molecule has 0 aliphatic carbocycles. The van der Waals surface area contributed by atoms with Crippen LogP contribution >= 0.6 is 0 Å². The number of alkyl halides is 3. The van der Waals surface area contributed by atoms with Gasteiger partial charge in [0.25, 0.3) is 0 Å². The maximum Gasteiger partial charge on any atom is 0.406 e. The fourth-order valence-electron chi connectivity index (χ4n) is 2.07. The molecular formula is C12H19F3N2O3. The number of carbonyl (C=O) groups excluding carboxylic acids is 2. The zero-order valence-electron chi connectivity index (χ0n) is 11.2. The Morgan fingerprint density at radius 3 is 2.75 bits per heavy atom. The van der Waals surface area contributed by atoms with Gasteiger partial charge in [0.2, 0.25) is 11.8 Å². The molecule has 0 aromatic rings. The van der Waals surface area contributed by atoms with Gasteiger partial charge in [-0.2, -0.15) is 13.2 Å². The minimum Gasteiger partial charge on any atom is -0.393 e. The molecule has 1 saturated heterocycles. The summed E-state index contributed by atoms with van der Waals surface area (Å²) >= 11 is 0. The topological polar surface area (TPSA) is 69.6 Å². The third-order valence-electron chi connectivity index (χ3n) is 3.05. The van der Waals surface area contributed by atoms with Crippen molar-refractivity contribution in [3.05, 3.63) is 0 Å². The third kappa shape index (κ3) is 5.77. The number of nitrogens with one attached hydrogen (secondary N) is 1. The molecule has 0 bridgehead atoms. The minimum absolute atomic E-state index is 0.182. The number of aliphatic hydroxyl groups is 1. The molecule has 0 saturated carbocycles. The molecule has 116 valence electrons. The van der Waals surface area contributed by atoms with Crippen molar-refractivity contribution < 1.29 is 27.9 Å². The maximum absolute atomic E-state index is 12.2. The highest BCUT2D eigenvalue weighted by Crippen LogP contribution is 2.23. The second-order valence-corrected chi connectivity index (χ2v) is 5.07. The quantitative estimate of drug-likeness (QED) is 0.708. The second kappa shape index (κ2) is 6.92. The summed E-state index contributed by atoms with van der Waals surface area (Å²) in [6, 6.07) is 0. The van der Waals surface area contributed by atoms with Gasteiger partial charge in [0.05, 0.1) is 12.0 Å². The fraction of sp³-hybridized carbons (Fsp3) is 0.833. The Hall–Kier alpha value is -1.31. The van der Waals surface area contributed by atoms with Gasteiger partial charge in [0.1, 0.15) is 6.54 Å². The number of hydrogen-bond donors (Lipinski definition) is 2. The summed E-state index contributed by atoms with van der Waals surface area (Å²) in [6.07, 6.45) is -3.97. The predicted molar refractivity (Wildman–Crippen MR) is 64.7 cm³/mol. The summed E-state index contributed by atoms with van der Waals surface area (Å²) in [6.45, 7) is 0.471. The number of halogens is 3. The number of rotatable bonds is 6. The van der Waals surface area contributed by atoms with Crippen LogP contribution in [0.15, 0.2) is 0 Å². The molecule has 2 atom stereocenters. The van der Waals surface area contributed by atoms with Crippen molar-refractivity contribution in [1.82, 2.24) is 10.2 Å². The molecule has 1 aliphatic rings. The van der Waals surface area contributed by atoms with Gasteiger partial charge in [-0.15, -0.1) is 0 Å². The molecule has 8 heteroatoms. The van der Waals surface area contributed by atoms with Crippen LogP contribution in [0.4, 0.5) is 13.2 Å². The van der Waals surface area contributed by atoms with Gasteiger partial charge in [-0.1, -0.05) is 0 Å².